The third-order valence-corrected chi connectivity index (χ3v) is 4.23. The number of hydrogen-bond donors (Lipinski definition) is 1. The molecule has 2 N–H and O–H groups in total. The molecule has 1 atom stereocenters. The van der Waals surface area contributed by atoms with Crippen molar-refractivity contribution in [1.82, 2.24) is 4.90 Å². The first-order valence-corrected chi connectivity index (χ1v) is 8.13. The normalized spacial score (nSPS) is 15.9. The number of amides is 1. The first-order chi connectivity index (χ1) is 10.7. The number of benzene rings is 1. The molecule has 4 nitrogen and oxygen atoms in total. The van der Waals surface area contributed by atoms with E-state index in [1.165, 1.54) is 6.07 Å². The minimum Gasteiger partial charge on any atom is -0.367 e. The first-order valence-electron chi connectivity index (χ1n) is 7.33. The Bertz CT molecular complexity index is 580. The summed E-state index contributed by atoms with van der Waals surface area (Å²) in [6, 6.07) is 3.93. The highest BCUT2D eigenvalue weighted by molar-refractivity contribution is 9.10. The van der Waals surface area contributed by atoms with Gasteiger partial charge in [-0.25, -0.2) is 0 Å². The summed E-state index contributed by atoms with van der Waals surface area (Å²) in [5, 5.41) is 0. The van der Waals surface area contributed by atoms with E-state index in [4.69, 9.17) is 5.73 Å². The predicted octanol–water partition coefficient (Wildman–Crippen LogP) is 3.70. The summed E-state index contributed by atoms with van der Waals surface area (Å²) >= 11 is 3.08. The van der Waals surface area contributed by atoms with Crippen LogP contribution in [0.4, 0.5) is 18.9 Å². The summed E-state index contributed by atoms with van der Waals surface area (Å²) in [4.78, 5) is 15.3. The van der Waals surface area contributed by atoms with Gasteiger partial charge in [-0.05, 0) is 25.1 Å². The maximum atomic E-state index is 13.2. The van der Waals surface area contributed by atoms with Crippen molar-refractivity contribution in [3.8, 4) is 0 Å². The molecule has 1 aliphatic heterocycles. The SMILES string of the molecule is CC(N)CC(=O)N1CCN(c2ccc(Br)cc2C(F)(F)F)CC1.Cl.Cl. The van der Waals surface area contributed by atoms with Crippen LogP contribution in [-0.2, 0) is 11.0 Å². The van der Waals surface area contributed by atoms with Crippen LogP contribution in [0.1, 0.15) is 18.9 Å². The molecule has 1 aromatic carbocycles. The summed E-state index contributed by atoms with van der Waals surface area (Å²) in [6.07, 6.45) is -4.16. The van der Waals surface area contributed by atoms with Crippen molar-refractivity contribution in [2.45, 2.75) is 25.6 Å². The third-order valence-electron chi connectivity index (χ3n) is 3.73. The van der Waals surface area contributed by atoms with Crippen LogP contribution >= 0.6 is 40.7 Å². The van der Waals surface area contributed by atoms with Gasteiger partial charge in [0.15, 0.2) is 0 Å². The van der Waals surface area contributed by atoms with Gasteiger partial charge in [0, 0.05) is 48.8 Å². The van der Waals surface area contributed by atoms with Crippen molar-refractivity contribution >= 4 is 52.3 Å². The monoisotopic (exact) mass is 465 g/mol. The largest absolute Gasteiger partial charge is 0.418 e. The number of carbonyl (C=O) groups excluding carboxylic acids is 1. The molecular weight excluding hydrogens is 446 g/mol. The average molecular weight is 467 g/mol. The Balaban J connectivity index is 0.00000288. The lowest BCUT2D eigenvalue weighted by atomic mass is 10.1. The second-order valence-corrected chi connectivity index (χ2v) is 6.62. The molecule has 144 valence electrons. The van der Waals surface area contributed by atoms with E-state index in [1.807, 2.05) is 0 Å². The van der Waals surface area contributed by atoms with Crippen LogP contribution in [0.2, 0.25) is 0 Å². The number of hydrogen-bond acceptors (Lipinski definition) is 3. The molecule has 1 amide bonds. The topological polar surface area (TPSA) is 49.6 Å². The summed E-state index contributed by atoms with van der Waals surface area (Å²) in [7, 11) is 0. The second-order valence-electron chi connectivity index (χ2n) is 5.71. The summed E-state index contributed by atoms with van der Waals surface area (Å²) < 4.78 is 40.0. The Morgan fingerprint density at radius 3 is 2.28 bits per heavy atom. The summed E-state index contributed by atoms with van der Waals surface area (Å²) in [5.74, 6) is -0.0495. The van der Waals surface area contributed by atoms with Crippen molar-refractivity contribution in [2.75, 3.05) is 31.1 Å². The fourth-order valence-electron chi connectivity index (χ4n) is 2.61. The Labute approximate surface area is 165 Å². The highest BCUT2D eigenvalue weighted by atomic mass is 79.9. The third kappa shape index (κ3) is 6.51. The van der Waals surface area contributed by atoms with Crippen molar-refractivity contribution in [1.29, 1.82) is 0 Å². The van der Waals surface area contributed by atoms with E-state index in [0.29, 0.717) is 30.7 Å². The number of alkyl halides is 3. The maximum Gasteiger partial charge on any atom is 0.418 e. The number of nitrogens with zero attached hydrogens (tertiary/aromatic N) is 2. The number of rotatable bonds is 3. The zero-order valence-corrected chi connectivity index (χ0v) is 16.8. The molecule has 0 bridgehead atoms. The van der Waals surface area contributed by atoms with Gasteiger partial charge >= 0.3 is 6.18 Å². The van der Waals surface area contributed by atoms with E-state index in [-0.39, 0.29) is 48.9 Å². The second kappa shape index (κ2) is 9.85. The van der Waals surface area contributed by atoms with Crippen LogP contribution in [0.15, 0.2) is 22.7 Å². The Morgan fingerprint density at radius 1 is 1.24 bits per heavy atom. The molecular formula is C15H21BrCl2F3N3O. The molecule has 1 unspecified atom stereocenters. The molecule has 1 aliphatic rings. The molecule has 10 heteroatoms. The molecule has 0 aromatic heterocycles. The van der Waals surface area contributed by atoms with Crippen LogP contribution in [-0.4, -0.2) is 43.0 Å². The van der Waals surface area contributed by atoms with Gasteiger partial charge in [-0.2, -0.15) is 13.2 Å². The average Bonchev–Trinajstić information content (AvgIpc) is 2.46. The van der Waals surface area contributed by atoms with Crippen molar-refractivity contribution in [3.05, 3.63) is 28.2 Å². The number of nitrogens with two attached hydrogens (primary N) is 1. The number of anilines is 1. The van der Waals surface area contributed by atoms with Crippen LogP contribution in [0.5, 0.6) is 0 Å². The maximum absolute atomic E-state index is 13.2. The molecule has 1 heterocycles. The zero-order valence-electron chi connectivity index (χ0n) is 13.6. The van der Waals surface area contributed by atoms with E-state index in [0.717, 1.165) is 6.07 Å². The van der Waals surface area contributed by atoms with E-state index >= 15 is 0 Å². The van der Waals surface area contributed by atoms with Gasteiger partial charge in [0.05, 0.1) is 5.56 Å². The minimum atomic E-state index is -4.42. The van der Waals surface area contributed by atoms with Gasteiger partial charge in [0.1, 0.15) is 0 Å². The fourth-order valence-corrected chi connectivity index (χ4v) is 2.97. The Morgan fingerprint density at radius 2 is 1.80 bits per heavy atom. The fraction of sp³-hybridized carbons (Fsp3) is 0.533. The lowest BCUT2D eigenvalue weighted by Gasteiger charge is -2.37. The van der Waals surface area contributed by atoms with Crippen LogP contribution in [0, 0.1) is 0 Å². The lowest BCUT2D eigenvalue weighted by Crippen LogP contribution is -2.50. The molecule has 0 spiro atoms. The smallest absolute Gasteiger partial charge is 0.367 e. The van der Waals surface area contributed by atoms with Crippen LogP contribution in [0.25, 0.3) is 0 Å². The number of carbonyl (C=O) groups is 1. The van der Waals surface area contributed by atoms with Gasteiger partial charge in [0.2, 0.25) is 5.91 Å². The molecule has 0 radical (unpaired) electrons. The summed E-state index contributed by atoms with van der Waals surface area (Å²) in [5.41, 5.74) is 5.10. The molecule has 0 saturated carbocycles. The molecule has 1 saturated heterocycles. The van der Waals surface area contributed by atoms with Gasteiger partial charge in [0.25, 0.3) is 0 Å². The summed E-state index contributed by atoms with van der Waals surface area (Å²) in [6.45, 7) is 3.30. The van der Waals surface area contributed by atoms with Crippen LogP contribution < -0.4 is 10.6 Å². The molecule has 2 rings (SSSR count). The molecule has 1 fully saturated rings. The van der Waals surface area contributed by atoms with Gasteiger partial charge in [-0.15, -0.1) is 24.8 Å². The lowest BCUT2D eigenvalue weighted by molar-refractivity contribution is -0.137. The number of piperazine rings is 1. The van der Waals surface area contributed by atoms with Crippen molar-refractivity contribution in [2.24, 2.45) is 5.73 Å². The predicted molar refractivity (Wildman–Crippen MR) is 101 cm³/mol. The molecule has 25 heavy (non-hydrogen) atoms. The van der Waals surface area contributed by atoms with Gasteiger partial charge in [-0.1, -0.05) is 15.9 Å². The number of halogens is 6. The standard InChI is InChI=1S/C15H19BrF3N3O.2ClH/c1-10(20)8-14(23)22-6-4-21(5-7-22)13-3-2-11(16)9-12(13)15(17,18)19;;/h2-3,9-10H,4-8,20H2,1H3;2*1H. The van der Waals surface area contributed by atoms with Crippen LogP contribution in [0.3, 0.4) is 0 Å². The van der Waals surface area contributed by atoms with E-state index in [1.54, 1.807) is 22.8 Å². The Kier molecular flexibility index (Phi) is 9.57. The molecule has 1 aromatic rings. The van der Waals surface area contributed by atoms with Crippen molar-refractivity contribution in [3.63, 3.8) is 0 Å². The van der Waals surface area contributed by atoms with E-state index < -0.39 is 11.7 Å². The molecule has 0 aliphatic carbocycles. The zero-order chi connectivity index (χ0) is 17.2. The van der Waals surface area contributed by atoms with Gasteiger partial charge in [-0.3, -0.25) is 4.79 Å². The Hall–Kier alpha value is -0.700. The minimum absolute atomic E-state index is 0. The highest BCUT2D eigenvalue weighted by Crippen LogP contribution is 2.38. The van der Waals surface area contributed by atoms with E-state index in [2.05, 4.69) is 15.9 Å². The first kappa shape index (κ1) is 24.3. The van der Waals surface area contributed by atoms with Crippen molar-refractivity contribution < 1.29 is 18.0 Å². The van der Waals surface area contributed by atoms with E-state index in [9.17, 15) is 18.0 Å². The highest BCUT2D eigenvalue weighted by Gasteiger charge is 2.36. The quantitative estimate of drug-likeness (QED) is 0.738. The van der Waals surface area contributed by atoms with Gasteiger partial charge < -0.3 is 15.5 Å².